The fraction of sp³-hybridized carbons (Fsp3) is 0.0870. The summed E-state index contributed by atoms with van der Waals surface area (Å²) in [6.45, 7) is 0. The molecular formula is C23H18N2O3. The molecule has 5 heteroatoms. The van der Waals surface area contributed by atoms with Crippen molar-refractivity contribution in [3.05, 3.63) is 90.1 Å². The molecule has 1 heterocycles. The van der Waals surface area contributed by atoms with Gasteiger partial charge in [0.1, 0.15) is 6.04 Å². The molecule has 3 aromatic carbocycles. The average molecular weight is 370 g/mol. The number of carbonyl (C=O) groups is 2. The zero-order valence-electron chi connectivity index (χ0n) is 15.0. The fourth-order valence-electron chi connectivity index (χ4n) is 3.42. The van der Waals surface area contributed by atoms with Gasteiger partial charge in [-0.25, -0.2) is 4.79 Å². The monoisotopic (exact) mass is 370 g/mol. The van der Waals surface area contributed by atoms with Crippen molar-refractivity contribution in [1.82, 2.24) is 10.3 Å². The molecule has 138 valence electrons. The van der Waals surface area contributed by atoms with E-state index in [2.05, 4.69) is 10.3 Å². The van der Waals surface area contributed by atoms with E-state index in [0.717, 1.165) is 16.3 Å². The summed E-state index contributed by atoms with van der Waals surface area (Å²) in [5, 5.41) is 15.1. The first-order chi connectivity index (χ1) is 13.6. The van der Waals surface area contributed by atoms with Crippen LogP contribution in [0.1, 0.15) is 15.9 Å². The molecule has 1 atom stereocenters. The fourth-order valence-corrected chi connectivity index (χ4v) is 3.42. The van der Waals surface area contributed by atoms with Gasteiger partial charge in [-0.15, -0.1) is 0 Å². The highest BCUT2D eigenvalue weighted by atomic mass is 16.4. The molecule has 4 aromatic rings. The third-order valence-electron chi connectivity index (χ3n) is 4.80. The SMILES string of the molecule is O=C(N[C@H](Cc1cccc2ccccc12)C(=O)O)c1ccnc2ccccc12. The van der Waals surface area contributed by atoms with Crippen LogP contribution in [-0.2, 0) is 11.2 Å². The van der Waals surface area contributed by atoms with Gasteiger partial charge in [-0.2, -0.15) is 0 Å². The molecule has 0 radical (unpaired) electrons. The van der Waals surface area contributed by atoms with E-state index in [-0.39, 0.29) is 6.42 Å². The Morgan fingerprint density at radius 2 is 1.61 bits per heavy atom. The van der Waals surface area contributed by atoms with E-state index < -0.39 is 17.9 Å². The Morgan fingerprint density at radius 1 is 0.893 bits per heavy atom. The zero-order chi connectivity index (χ0) is 19.5. The summed E-state index contributed by atoms with van der Waals surface area (Å²) in [5.74, 6) is -1.49. The van der Waals surface area contributed by atoms with Gasteiger partial charge in [0.2, 0.25) is 0 Å². The molecule has 28 heavy (non-hydrogen) atoms. The van der Waals surface area contributed by atoms with Crippen molar-refractivity contribution in [1.29, 1.82) is 0 Å². The Balaban J connectivity index is 1.63. The maximum absolute atomic E-state index is 12.8. The average Bonchev–Trinajstić information content (AvgIpc) is 2.73. The summed E-state index contributed by atoms with van der Waals surface area (Å²) < 4.78 is 0. The molecule has 0 aliphatic heterocycles. The summed E-state index contributed by atoms with van der Waals surface area (Å²) in [5.41, 5.74) is 1.98. The molecule has 0 fully saturated rings. The summed E-state index contributed by atoms with van der Waals surface area (Å²) in [6, 6.07) is 21.4. The van der Waals surface area contributed by atoms with Gasteiger partial charge in [0.15, 0.2) is 0 Å². The Morgan fingerprint density at radius 3 is 2.43 bits per heavy atom. The predicted octanol–water partition coefficient (Wildman–Crippen LogP) is 3.81. The quantitative estimate of drug-likeness (QED) is 0.560. The number of nitrogens with zero attached hydrogens (tertiary/aromatic N) is 1. The topological polar surface area (TPSA) is 79.3 Å². The van der Waals surface area contributed by atoms with Crippen LogP contribution in [0.25, 0.3) is 21.7 Å². The highest BCUT2D eigenvalue weighted by Crippen LogP contribution is 2.21. The summed E-state index contributed by atoms with van der Waals surface area (Å²) in [6.07, 6.45) is 1.75. The van der Waals surface area contributed by atoms with Gasteiger partial charge in [0.25, 0.3) is 5.91 Å². The van der Waals surface area contributed by atoms with Gasteiger partial charge in [-0.05, 0) is 28.5 Å². The first kappa shape index (κ1) is 17.7. The summed E-state index contributed by atoms with van der Waals surface area (Å²) in [7, 11) is 0. The van der Waals surface area contributed by atoms with Crippen molar-refractivity contribution in [3.63, 3.8) is 0 Å². The molecule has 1 aromatic heterocycles. The van der Waals surface area contributed by atoms with Crippen LogP contribution in [0.2, 0.25) is 0 Å². The molecule has 0 saturated heterocycles. The number of amides is 1. The van der Waals surface area contributed by atoms with E-state index in [1.54, 1.807) is 18.3 Å². The molecular weight excluding hydrogens is 352 g/mol. The van der Waals surface area contributed by atoms with Crippen molar-refractivity contribution in [2.75, 3.05) is 0 Å². The number of carboxylic acid groups (broad SMARTS) is 1. The number of carboxylic acids is 1. The maximum atomic E-state index is 12.8. The molecule has 1 amide bonds. The number of pyridine rings is 1. The Kier molecular flexibility index (Phi) is 4.72. The van der Waals surface area contributed by atoms with E-state index >= 15 is 0 Å². The second kappa shape index (κ2) is 7.48. The molecule has 0 saturated carbocycles. The number of aromatic nitrogens is 1. The Bertz CT molecular complexity index is 1180. The number of benzene rings is 3. The van der Waals surface area contributed by atoms with Gasteiger partial charge in [0, 0.05) is 18.0 Å². The van der Waals surface area contributed by atoms with Crippen LogP contribution in [0.15, 0.2) is 79.0 Å². The van der Waals surface area contributed by atoms with Crippen molar-refractivity contribution >= 4 is 33.6 Å². The third-order valence-corrected chi connectivity index (χ3v) is 4.80. The lowest BCUT2D eigenvalue weighted by Crippen LogP contribution is -2.42. The summed E-state index contributed by atoms with van der Waals surface area (Å²) >= 11 is 0. The van der Waals surface area contributed by atoms with Crippen molar-refractivity contribution < 1.29 is 14.7 Å². The zero-order valence-corrected chi connectivity index (χ0v) is 15.0. The third kappa shape index (κ3) is 3.42. The van der Waals surface area contributed by atoms with E-state index in [1.807, 2.05) is 60.7 Å². The van der Waals surface area contributed by atoms with Crippen molar-refractivity contribution in [3.8, 4) is 0 Å². The number of hydrogen-bond acceptors (Lipinski definition) is 3. The minimum Gasteiger partial charge on any atom is -0.480 e. The molecule has 4 rings (SSSR count). The van der Waals surface area contributed by atoms with Crippen LogP contribution >= 0.6 is 0 Å². The van der Waals surface area contributed by atoms with Gasteiger partial charge < -0.3 is 10.4 Å². The number of aliphatic carboxylic acids is 1. The predicted molar refractivity (Wildman–Crippen MR) is 108 cm³/mol. The molecule has 0 spiro atoms. The van der Waals surface area contributed by atoms with Gasteiger partial charge >= 0.3 is 5.97 Å². The highest BCUT2D eigenvalue weighted by molar-refractivity contribution is 6.07. The van der Waals surface area contributed by atoms with E-state index in [9.17, 15) is 14.7 Å². The van der Waals surface area contributed by atoms with Gasteiger partial charge in [-0.3, -0.25) is 9.78 Å². The molecule has 0 aliphatic carbocycles. The summed E-state index contributed by atoms with van der Waals surface area (Å²) in [4.78, 5) is 28.9. The first-order valence-electron chi connectivity index (χ1n) is 8.97. The number of carbonyl (C=O) groups excluding carboxylic acids is 1. The van der Waals surface area contributed by atoms with E-state index in [0.29, 0.717) is 16.5 Å². The maximum Gasteiger partial charge on any atom is 0.326 e. The lowest BCUT2D eigenvalue weighted by Gasteiger charge is -2.16. The molecule has 5 nitrogen and oxygen atoms in total. The lowest BCUT2D eigenvalue weighted by molar-refractivity contribution is -0.139. The van der Waals surface area contributed by atoms with Crippen LogP contribution in [0, 0.1) is 0 Å². The first-order valence-corrected chi connectivity index (χ1v) is 8.97. The van der Waals surface area contributed by atoms with Crippen molar-refractivity contribution in [2.45, 2.75) is 12.5 Å². The Hall–Kier alpha value is -3.73. The Labute approximate surface area is 161 Å². The second-order valence-electron chi connectivity index (χ2n) is 6.58. The number of hydrogen-bond donors (Lipinski definition) is 2. The second-order valence-corrected chi connectivity index (χ2v) is 6.58. The normalized spacial score (nSPS) is 12.0. The molecule has 2 N–H and O–H groups in total. The molecule has 0 bridgehead atoms. The van der Waals surface area contributed by atoms with Gasteiger partial charge in [0.05, 0.1) is 11.1 Å². The lowest BCUT2D eigenvalue weighted by atomic mass is 9.98. The van der Waals surface area contributed by atoms with Crippen molar-refractivity contribution in [2.24, 2.45) is 0 Å². The van der Waals surface area contributed by atoms with Crippen LogP contribution in [0.3, 0.4) is 0 Å². The number of fused-ring (bicyclic) bond motifs is 2. The molecule has 0 unspecified atom stereocenters. The smallest absolute Gasteiger partial charge is 0.326 e. The molecule has 0 aliphatic rings. The van der Waals surface area contributed by atoms with E-state index in [4.69, 9.17) is 0 Å². The number of rotatable bonds is 5. The number of nitrogens with one attached hydrogen (secondary N) is 1. The highest BCUT2D eigenvalue weighted by Gasteiger charge is 2.23. The standard InChI is InChI=1S/C23H18N2O3/c26-22(19-12-13-24-20-11-4-3-10-18(19)20)25-21(23(27)28)14-16-8-5-7-15-6-1-2-9-17(15)16/h1-13,21H,14H2,(H,25,26)(H,27,28)/t21-/m1/s1. The minimum absolute atomic E-state index is 0.200. The minimum atomic E-state index is -1.07. The van der Waals surface area contributed by atoms with E-state index in [1.165, 1.54) is 0 Å². The van der Waals surface area contributed by atoms with Crippen LogP contribution < -0.4 is 5.32 Å². The largest absolute Gasteiger partial charge is 0.480 e. The van der Waals surface area contributed by atoms with Crippen LogP contribution in [0.4, 0.5) is 0 Å². The van der Waals surface area contributed by atoms with Crippen LogP contribution in [0.5, 0.6) is 0 Å². The van der Waals surface area contributed by atoms with Gasteiger partial charge in [-0.1, -0.05) is 60.7 Å². The number of para-hydroxylation sites is 1. The van der Waals surface area contributed by atoms with Crippen LogP contribution in [-0.4, -0.2) is 28.0 Å².